The van der Waals surface area contributed by atoms with Crippen molar-refractivity contribution in [1.82, 2.24) is 19.3 Å². The van der Waals surface area contributed by atoms with Crippen LogP contribution in [0.25, 0.3) is 11.0 Å². The maximum absolute atomic E-state index is 12.1. The summed E-state index contributed by atoms with van der Waals surface area (Å²) in [5, 5.41) is 17.5. The Kier molecular flexibility index (Phi) is 3.98. The third-order valence-corrected chi connectivity index (χ3v) is 3.86. The molecule has 1 aromatic carbocycles. The fourth-order valence-electron chi connectivity index (χ4n) is 2.49. The Morgan fingerprint density at radius 2 is 2.12 bits per heavy atom. The van der Waals surface area contributed by atoms with Crippen LogP contribution in [0.1, 0.15) is 12.1 Å². The number of nitrogens with one attached hydrogen (secondary N) is 1. The monoisotopic (exact) mass is 328 g/mol. The van der Waals surface area contributed by atoms with Crippen molar-refractivity contribution >= 4 is 28.6 Å². The number of imidazole rings is 1. The molecule has 0 bridgehead atoms. The molecule has 0 atom stereocenters. The van der Waals surface area contributed by atoms with Crippen molar-refractivity contribution in [2.45, 2.75) is 19.9 Å². The van der Waals surface area contributed by atoms with Gasteiger partial charge in [0.2, 0.25) is 11.9 Å². The molecule has 0 unspecified atom stereocenters. The molecule has 0 aliphatic rings. The van der Waals surface area contributed by atoms with Crippen LogP contribution in [0.3, 0.4) is 0 Å². The summed E-state index contributed by atoms with van der Waals surface area (Å²) in [7, 11) is 1.83. The fourth-order valence-corrected chi connectivity index (χ4v) is 2.49. The van der Waals surface area contributed by atoms with E-state index in [9.17, 15) is 14.9 Å². The van der Waals surface area contributed by atoms with Crippen molar-refractivity contribution in [2.75, 3.05) is 5.32 Å². The van der Waals surface area contributed by atoms with E-state index in [1.807, 2.05) is 31.3 Å². The van der Waals surface area contributed by atoms with Gasteiger partial charge in [-0.15, -0.1) is 0 Å². The summed E-state index contributed by atoms with van der Waals surface area (Å²) in [6, 6.07) is 7.58. The smallest absolute Gasteiger partial charge is 0.309 e. The number of amides is 1. The molecular formula is C15H16N6O3. The van der Waals surface area contributed by atoms with Crippen LogP contribution < -0.4 is 5.32 Å². The lowest BCUT2D eigenvalue weighted by Gasteiger charge is -2.06. The Hall–Kier alpha value is -3.23. The molecule has 0 aliphatic heterocycles. The van der Waals surface area contributed by atoms with Gasteiger partial charge in [-0.05, 0) is 19.1 Å². The van der Waals surface area contributed by atoms with E-state index in [0.29, 0.717) is 11.6 Å². The predicted octanol–water partition coefficient (Wildman–Crippen LogP) is 2.02. The number of fused-ring (bicyclic) bond motifs is 1. The van der Waals surface area contributed by atoms with Gasteiger partial charge >= 0.3 is 5.69 Å². The van der Waals surface area contributed by atoms with Crippen LogP contribution in [0.4, 0.5) is 11.6 Å². The zero-order valence-corrected chi connectivity index (χ0v) is 13.3. The van der Waals surface area contributed by atoms with E-state index in [0.717, 1.165) is 11.0 Å². The first-order valence-corrected chi connectivity index (χ1v) is 7.35. The lowest BCUT2D eigenvalue weighted by molar-refractivity contribution is -0.385. The Labute approximate surface area is 137 Å². The maximum Gasteiger partial charge on any atom is 0.309 e. The topological polar surface area (TPSA) is 108 Å². The second-order valence-electron chi connectivity index (χ2n) is 5.38. The van der Waals surface area contributed by atoms with Gasteiger partial charge in [0.15, 0.2) is 0 Å². The van der Waals surface area contributed by atoms with E-state index in [-0.39, 0.29) is 24.6 Å². The number of carbonyl (C=O) groups is 1. The Morgan fingerprint density at radius 1 is 1.38 bits per heavy atom. The number of benzene rings is 1. The summed E-state index contributed by atoms with van der Waals surface area (Å²) < 4.78 is 3.25. The molecular weight excluding hydrogens is 312 g/mol. The number of nitrogens with zero attached hydrogens (tertiary/aromatic N) is 5. The number of hydrogen-bond donors (Lipinski definition) is 1. The summed E-state index contributed by atoms with van der Waals surface area (Å²) >= 11 is 0. The molecule has 0 aliphatic carbocycles. The van der Waals surface area contributed by atoms with Crippen molar-refractivity contribution in [1.29, 1.82) is 0 Å². The summed E-state index contributed by atoms with van der Waals surface area (Å²) in [6.45, 7) is 1.87. The van der Waals surface area contributed by atoms with E-state index in [4.69, 9.17) is 0 Å². The van der Waals surface area contributed by atoms with Crippen molar-refractivity contribution in [3.8, 4) is 0 Å². The van der Waals surface area contributed by atoms with E-state index in [2.05, 4.69) is 15.4 Å². The van der Waals surface area contributed by atoms with E-state index in [1.54, 1.807) is 11.5 Å². The molecule has 0 spiro atoms. The van der Waals surface area contributed by atoms with Crippen LogP contribution in [-0.2, 0) is 18.4 Å². The number of anilines is 1. The number of nitro groups is 1. The molecule has 9 nitrogen and oxygen atoms in total. The number of carbonyl (C=O) groups excluding carboxylic acids is 1. The number of aromatic nitrogens is 4. The zero-order chi connectivity index (χ0) is 17.3. The van der Waals surface area contributed by atoms with Crippen LogP contribution in [0.2, 0.25) is 0 Å². The second-order valence-corrected chi connectivity index (χ2v) is 5.38. The highest BCUT2D eigenvalue weighted by Gasteiger charge is 2.17. The van der Waals surface area contributed by atoms with Gasteiger partial charge in [-0.1, -0.05) is 12.1 Å². The average molecular weight is 328 g/mol. The van der Waals surface area contributed by atoms with Gasteiger partial charge in [0.1, 0.15) is 11.9 Å². The summed E-state index contributed by atoms with van der Waals surface area (Å²) in [5.41, 5.74) is 2.10. The minimum atomic E-state index is -0.488. The van der Waals surface area contributed by atoms with Gasteiger partial charge in [-0.3, -0.25) is 24.9 Å². The predicted molar refractivity (Wildman–Crippen MR) is 87.6 cm³/mol. The van der Waals surface area contributed by atoms with Gasteiger partial charge in [0.25, 0.3) is 0 Å². The van der Waals surface area contributed by atoms with Crippen LogP contribution in [0, 0.1) is 17.0 Å². The van der Waals surface area contributed by atoms with Gasteiger partial charge in [0, 0.05) is 13.5 Å². The second kappa shape index (κ2) is 6.11. The van der Waals surface area contributed by atoms with Crippen molar-refractivity contribution < 1.29 is 9.72 Å². The molecule has 2 heterocycles. The molecule has 3 aromatic rings. The fraction of sp³-hybridized carbons (Fsp3) is 0.267. The van der Waals surface area contributed by atoms with Gasteiger partial charge < -0.3 is 4.57 Å². The molecule has 124 valence electrons. The normalized spacial score (nSPS) is 10.9. The SMILES string of the molecule is Cc1c([N+](=O)[O-])cnn1CCC(=O)Nc1nc2ccccc2n1C. The largest absolute Gasteiger partial charge is 0.313 e. The summed E-state index contributed by atoms with van der Waals surface area (Å²) in [5.74, 6) is 0.232. The van der Waals surface area contributed by atoms with Crippen LogP contribution in [-0.4, -0.2) is 30.2 Å². The first kappa shape index (κ1) is 15.7. The van der Waals surface area contributed by atoms with Crippen molar-refractivity contribution in [3.05, 3.63) is 46.3 Å². The number of rotatable bonds is 5. The standard InChI is InChI=1S/C15H16N6O3/c1-10-13(21(23)24)9-16-20(10)8-7-14(22)18-15-17-11-5-3-4-6-12(11)19(15)2/h3-6,9H,7-8H2,1-2H3,(H,17,18,22). The minimum Gasteiger partial charge on any atom is -0.313 e. The third-order valence-electron chi connectivity index (χ3n) is 3.86. The van der Waals surface area contributed by atoms with Crippen molar-refractivity contribution in [3.63, 3.8) is 0 Å². The van der Waals surface area contributed by atoms with Gasteiger partial charge in [-0.2, -0.15) is 5.10 Å². The Bertz CT molecular complexity index is 927. The zero-order valence-electron chi connectivity index (χ0n) is 13.3. The van der Waals surface area contributed by atoms with Crippen LogP contribution >= 0.6 is 0 Å². The number of hydrogen-bond acceptors (Lipinski definition) is 5. The molecule has 2 aromatic heterocycles. The average Bonchev–Trinajstić information content (AvgIpc) is 3.07. The highest BCUT2D eigenvalue weighted by Crippen LogP contribution is 2.18. The summed E-state index contributed by atoms with van der Waals surface area (Å²) in [6.07, 6.45) is 1.33. The maximum atomic E-state index is 12.1. The molecule has 24 heavy (non-hydrogen) atoms. The Balaban J connectivity index is 1.67. The molecule has 1 N–H and O–H groups in total. The molecule has 9 heteroatoms. The minimum absolute atomic E-state index is 0.0502. The quantitative estimate of drug-likeness (QED) is 0.569. The first-order valence-electron chi connectivity index (χ1n) is 7.35. The van der Waals surface area contributed by atoms with E-state index < -0.39 is 4.92 Å². The van der Waals surface area contributed by atoms with E-state index in [1.165, 1.54) is 10.9 Å². The molecule has 0 saturated carbocycles. The molecule has 1 amide bonds. The van der Waals surface area contributed by atoms with Gasteiger partial charge in [-0.25, -0.2) is 4.98 Å². The number of para-hydroxylation sites is 2. The van der Waals surface area contributed by atoms with Crippen LogP contribution in [0.15, 0.2) is 30.5 Å². The summed E-state index contributed by atoms with van der Waals surface area (Å²) in [4.78, 5) is 26.8. The lowest BCUT2D eigenvalue weighted by Crippen LogP contribution is -2.17. The highest BCUT2D eigenvalue weighted by atomic mass is 16.6. The van der Waals surface area contributed by atoms with Crippen LogP contribution in [0.5, 0.6) is 0 Å². The molecule has 0 saturated heterocycles. The van der Waals surface area contributed by atoms with E-state index >= 15 is 0 Å². The molecule has 0 radical (unpaired) electrons. The van der Waals surface area contributed by atoms with Gasteiger partial charge in [0.05, 0.1) is 22.5 Å². The first-order chi connectivity index (χ1) is 11.5. The molecule has 0 fully saturated rings. The Morgan fingerprint density at radius 3 is 2.79 bits per heavy atom. The molecule has 3 rings (SSSR count). The number of aryl methyl sites for hydroxylation is 2. The van der Waals surface area contributed by atoms with Crippen molar-refractivity contribution in [2.24, 2.45) is 7.05 Å². The highest BCUT2D eigenvalue weighted by molar-refractivity contribution is 5.91. The lowest BCUT2D eigenvalue weighted by atomic mass is 10.3. The third kappa shape index (κ3) is 2.83.